The predicted octanol–water partition coefficient (Wildman–Crippen LogP) is 3.58. The molecule has 1 aromatic carbocycles. The van der Waals surface area contributed by atoms with Crippen molar-refractivity contribution in [1.29, 1.82) is 0 Å². The van der Waals surface area contributed by atoms with Crippen molar-refractivity contribution in [1.82, 2.24) is 4.98 Å². The Labute approximate surface area is 104 Å². The van der Waals surface area contributed by atoms with Gasteiger partial charge < -0.3 is 5.73 Å². The Morgan fingerprint density at radius 3 is 2.75 bits per heavy atom. The average molecular weight is 279 g/mol. The second-order valence-electron chi connectivity index (χ2n) is 4.22. The lowest BCUT2D eigenvalue weighted by Gasteiger charge is -2.14. The zero-order valence-electron chi connectivity index (χ0n) is 9.50. The van der Waals surface area contributed by atoms with Crippen LogP contribution in [0.3, 0.4) is 0 Å². The molecule has 0 spiro atoms. The third kappa shape index (κ3) is 1.97. The molecule has 1 heterocycles. The number of benzene rings is 1. The fourth-order valence-corrected chi connectivity index (χ4v) is 2.42. The SMILES string of the molecule is CC(C)c1c(CN)cnc2cc(Br)ccc12. The van der Waals surface area contributed by atoms with Crippen LogP contribution in [0.2, 0.25) is 0 Å². The van der Waals surface area contributed by atoms with Crippen LogP contribution in [0.25, 0.3) is 10.9 Å². The predicted molar refractivity (Wildman–Crippen MR) is 71.4 cm³/mol. The largest absolute Gasteiger partial charge is 0.326 e. The van der Waals surface area contributed by atoms with Crippen LogP contribution in [0.1, 0.15) is 30.9 Å². The van der Waals surface area contributed by atoms with Gasteiger partial charge in [0.05, 0.1) is 5.52 Å². The lowest BCUT2D eigenvalue weighted by atomic mass is 9.94. The summed E-state index contributed by atoms with van der Waals surface area (Å²) in [5.74, 6) is 0.463. The normalized spacial score (nSPS) is 11.3. The van der Waals surface area contributed by atoms with Gasteiger partial charge in [0.25, 0.3) is 0 Å². The number of fused-ring (bicyclic) bond motifs is 1. The van der Waals surface area contributed by atoms with Gasteiger partial charge in [-0.2, -0.15) is 0 Å². The molecule has 0 aliphatic heterocycles. The van der Waals surface area contributed by atoms with Gasteiger partial charge in [-0.25, -0.2) is 0 Å². The zero-order chi connectivity index (χ0) is 11.7. The van der Waals surface area contributed by atoms with Crippen LogP contribution in [0.4, 0.5) is 0 Å². The molecule has 0 atom stereocenters. The second kappa shape index (κ2) is 4.52. The molecule has 3 heteroatoms. The molecule has 0 radical (unpaired) electrons. The van der Waals surface area contributed by atoms with Crippen LogP contribution < -0.4 is 5.73 Å². The molecule has 2 aromatic rings. The van der Waals surface area contributed by atoms with E-state index in [1.54, 1.807) is 0 Å². The van der Waals surface area contributed by atoms with Gasteiger partial charge in [0, 0.05) is 22.6 Å². The van der Waals surface area contributed by atoms with Crippen LogP contribution in [0, 0.1) is 0 Å². The molecule has 0 aliphatic carbocycles. The minimum atomic E-state index is 0.463. The van der Waals surface area contributed by atoms with Crippen molar-refractivity contribution in [3.05, 3.63) is 40.0 Å². The smallest absolute Gasteiger partial charge is 0.0716 e. The number of hydrogen-bond donors (Lipinski definition) is 1. The molecule has 2 N–H and O–H groups in total. The van der Waals surface area contributed by atoms with Gasteiger partial charge in [-0.15, -0.1) is 0 Å². The highest BCUT2D eigenvalue weighted by molar-refractivity contribution is 9.10. The van der Waals surface area contributed by atoms with E-state index in [4.69, 9.17) is 5.73 Å². The van der Waals surface area contributed by atoms with E-state index in [9.17, 15) is 0 Å². The Kier molecular flexibility index (Phi) is 3.26. The highest BCUT2D eigenvalue weighted by atomic mass is 79.9. The highest BCUT2D eigenvalue weighted by Gasteiger charge is 2.11. The fraction of sp³-hybridized carbons (Fsp3) is 0.308. The molecule has 0 saturated carbocycles. The maximum absolute atomic E-state index is 5.76. The number of hydrogen-bond acceptors (Lipinski definition) is 2. The number of rotatable bonds is 2. The van der Waals surface area contributed by atoms with E-state index < -0.39 is 0 Å². The van der Waals surface area contributed by atoms with Crippen LogP contribution >= 0.6 is 15.9 Å². The number of nitrogens with two attached hydrogens (primary N) is 1. The van der Waals surface area contributed by atoms with Gasteiger partial charge in [0.2, 0.25) is 0 Å². The summed E-state index contributed by atoms with van der Waals surface area (Å²) in [4.78, 5) is 4.45. The molecule has 0 saturated heterocycles. The maximum Gasteiger partial charge on any atom is 0.0716 e. The summed E-state index contributed by atoms with van der Waals surface area (Å²) in [5.41, 5.74) is 9.25. The molecule has 0 unspecified atom stereocenters. The number of halogens is 1. The van der Waals surface area contributed by atoms with Gasteiger partial charge in [-0.3, -0.25) is 4.98 Å². The van der Waals surface area contributed by atoms with Crippen molar-refractivity contribution in [2.45, 2.75) is 26.3 Å². The molecular weight excluding hydrogens is 264 g/mol. The average Bonchev–Trinajstić information content (AvgIpc) is 2.26. The lowest BCUT2D eigenvalue weighted by molar-refractivity contribution is 0.845. The molecule has 16 heavy (non-hydrogen) atoms. The quantitative estimate of drug-likeness (QED) is 0.912. The van der Waals surface area contributed by atoms with Crippen molar-refractivity contribution < 1.29 is 0 Å². The van der Waals surface area contributed by atoms with Crippen molar-refractivity contribution >= 4 is 26.8 Å². The molecule has 2 nitrogen and oxygen atoms in total. The Bertz CT molecular complexity index is 521. The van der Waals surface area contributed by atoms with Gasteiger partial charge >= 0.3 is 0 Å². The van der Waals surface area contributed by atoms with Crippen molar-refractivity contribution in [2.75, 3.05) is 0 Å². The summed E-state index contributed by atoms with van der Waals surface area (Å²) < 4.78 is 1.06. The van der Waals surface area contributed by atoms with Gasteiger partial charge in [0.1, 0.15) is 0 Å². The van der Waals surface area contributed by atoms with Crippen LogP contribution in [-0.4, -0.2) is 4.98 Å². The van der Waals surface area contributed by atoms with Crippen LogP contribution in [0.15, 0.2) is 28.9 Å². The standard InChI is InChI=1S/C13H15BrN2/c1-8(2)13-9(6-15)7-16-12-5-10(14)3-4-11(12)13/h3-5,7-8H,6,15H2,1-2H3. The molecule has 84 valence electrons. The highest BCUT2D eigenvalue weighted by Crippen LogP contribution is 2.29. The van der Waals surface area contributed by atoms with E-state index in [2.05, 4.69) is 46.9 Å². The van der Waals surface area contributed by atoms with Crippen LogP contribution in [-0.2, 0) is 6.54 Å². The van der Waals surface area contributed by atoms with E-state index in [1.165, 1.54) is 10.9 Å². The number of nitrogens with zero attached hydrogens (tertiary/aromatic N) is 1. The molecular formula is C13H15BrN2. The Hall–Kier alpha value is -0.930. The third-order valence-electron chi connectivity index (χ3n) is 2.75. The molecule has 1 aromatic heterocycles. The summed E-state index contributed by atoms with van der Waals surface area (Å²) >= 11 is 3.46. The first-order valence-corrected chi connectivity index (χ1v) is 6.20. The van der Waals surface area contributed by atoms with Crippen LogP contribution in [0.5, 0.6) is 0 Å². The summed E-state index contributed by atoms with van der Waals surface area (Å²) in [5, 5.41) is 1.21. The maximum atomic E-state index is 5.76. The first-order chi connectivity index (χ1) is 7.63. The third-order valence-corrected chi connectivity index (χ3v) is 3.25. The minimum absolute atomic E-state index is 0.463. The van der Waals surface area contributed by atoms with E-state index in [1.807, 2.05) is 12.3 Å². The molecule has 0 aliphatic rings. The summed E-state index contributed by atoms with van der Waals surface area (Å²) in [6, 6.07) is 6.21. The van der Waals surface area contributed by atoms with E-state index >= 15 is 0 Å². The van der Waals surface area contributed by atoms with Crippen molar-refractivity contribution in [2.24, 2.45) is 5.73 Å². The van der Waals surface area contributed by atoms with Crippen molar-refractivity contribution in [3.8, 4) is 0 Å². The summed E-state index contributed by atoms with van der Waals surface area (Å²) in [6.07, 6.45) is 1.89. The first-order valence-electron chi connectivity index (χ1n) is 5.40. The Morgan fingerprint density at radius 2 is 2.12 bits per heavy atom. The lowest BCUT2D eigenvalue weighted by Crippen LogP contribution is -2.04. The van der Waals surface area contributed by atoms with E-state index in [0.717, 1.165) is 15.6 Å². The topological polar surface area (TPSA) is 38.9 Å². The number of pyridine rings is 1. The molecule has 0 fully saturated rings. The van der Waals surface area contributed by atoms with E-state index in [-0.39, 0.29) is 0 Å². The van der Waals surface area contributed by atoms with Crippen molar-refractivity contribution in [3.63, 3.8) is 0 Å². The van der Waals surface area contributed by atoms with Gasteiger partial charge in [-0.1, -0.05) is 35.8 Å². The minimum Gasteiger partial charge on any atom is -0.326 e. The first kappa shape index (κ1) is 11.6. The molecule has 0 bridgehead atoms. The Balaban J connectivity index is 2.79. The van der Waals surface area contributed by atoms with E-state index in [0.29, 0.717) is 12.5 Å². The van der Waals surface area contributed by atoms with Gasteiger partial charge in [0.15, 0.2) is 0 Å². The summed E-state index contributed by atoms with van der Waals surface area (Å²) in [7, 11) is 0. The zero-order valence-corrected chi connectivity index (χ0v) is 11.1. The number of aromatic nitrogens is 1. The second-order valence-corrected chi connectivity index (χ2v) is 5.13. The molecule has 2 rings (SSSR count). The fourth-order valence-electron chi connectivity index (χ4n) is 2.07. The van der Waals surface area contributed by atoms with Gasteiger partial charge in [-0.05, 0) is 29.2 Å². The molecule has 0 amide bonds. The summed E-state index contributed by atoms with van der Waals surface area (Å²) in [6.45, 7) is 4.93. The Morgan fingerprint density at radius 1 is 1.38 bits per heavy atom. The monoisotopic (exact) mass is 278 g/mol.